The molecule has 3 nitrogen and oxygen atoms in total. The second kappa shape index (κ2) is 4.13. The van der Waals surface area contributed by atoms with Crippen molar-refractivity contribution in [3.63, 3.8) is 0 Å². The van der Waals surface area contributed by atoms with E-state index in [1.165, 1.54) is 18.5 Å². The third-order valence-electron chi connectivity index (χ3n) is 3.99. The van der Waals surface area contributed by atoms with E-state index >= 15 is 0 Å². The van der Waals surface area contributed by atoms with Gasteiger partial charge in [-0.3, -0.25) is 4.68 Å². The van der Waals surface area contributed by atoms with E-state index in [2.05, 4.69) is 25.0 Å². The molecule has 0 aromatic carbocycles. The van der Waals surface area contributed by atoms with Gasteiger partial charge in [-0.15, -0.1) is 0 Å². The lowest BCUT2D eigenvalue weighted by molar-refractivity contribution is 0.149. The van der Waals surface area contributed by atoms with Gasteiger partial charge in [0.15, 0.2) is 0 Å². The van der Waals surface area contributed by atoms with Crippen LogP contribution in [0.4, 0.5) is 0 Å². The van der Waals surface area contributed by atoms with Gasteiger partial charge in [-0.25, -0.2) is 0 Å². The fourth-order valence-corrected chi connectivity index (χ4v) is 3.39. The number of aryl methyl sites for hydroxylation is 2. The van der Waals surface area contributed by atoms with Crippen molar-refractivity contribution in [3.05, 3.63) is 17.5 Å². The van der Waals surface area contributed by atoms with Crippen molar-refractivity contribution in [3.8, 4) is 0 Å². The summed E-state index contributed by atoms with van der Waals surface area (Å²) in [5.74, 6) is 0. The van der Waals surface area contributed by atoms with Crippen LogP contribution in [-0.4, -0.2) is 15.3 Å². The Bertz CT molecular complexity index is 406. The van der Waals surface area contributed by atoms with Gasteiger partial charge in [-0.1, -0.05) is 20.3 Å². The fourth-order valence-electron chi connectivity index (χ4n) is 3.39. The van der Waals surface area contributed by atoms with Crippen LogP contribution >= 0.6 is 0 Å². The molecule has 0 saturated heterocycles. The average Bonchev–Trinajstić information content (AvgIpc) is 2.41. The summed E-state index contributed by atoms with van der Waals surface area (Å²) in [5.41, 5.74) is 9.30. The molecule has 1 fully saturated rings. The Morgan fingerprint density at radius 1 is 1.41 bits per heavy atom. The van der Waals surface area contributed by atoms with Gasteiger partial charge in [0.25, 0.3) is 0 Å². The van der Waals surface area contributed by atoms with Gasteiger partial charge < -0.3 is 5.73 Å². The van der Waals surface area contributed by atoms with Crippen molar-refractivity contribution in [2.75, 3.05) is 0 Å². The van der Waals surface area contributed by atoms with Gasteiger partial charge in [0.05, 0.1) is 5.69 Å². The number of hydrogen-bond acceptors (Lipinski definition) is 2. The Balaban J connectivity index is 2.14. The third-order valence-corrected chi connectivity index (χ3v) is 3.99. The Morgan fingerprint density at radius 2 is 2.12 bits per heavy atom. The zero-order valence-corrected chi connectivity index (χ0v) is 11.6. The van der Waals surface area contributed by atoms with Crippen molar-refractivity contribution < 1.29 is 0 Å². The first kappa shape index (κ1) is 12.6. The quantitative estimate of drug-likeness (QED) is 0.856. The smallest absolute Gasteiger partial charge is 0.0596 e. The summed E-state index contributed by atoms with van der Waals surface area (Å²) in [6.07, 6.45) is 5.76. The number of hydrogen-bond donors (Lipinski definition) is 1. The molecule has 0 amide bonds. The minimum Gasteiger partial charge on any atom is -0.325 e. The lowest BCUT2D eigenvalue weighted by Gasteiger charge is -2.42. The molecule has 2 rings (SSSR count). The molecular weight excluding hydrogens is 210 g/mol. The molecule has 0 radical (unpaired) electrons. The minimum atomic E-state index is -0.0397. The maximum atomic E-state index is 6.60. The lowest BCUT2D eigenvalue weighted by Crippen LogP contribution is -2.48. The Kier molecular flexibility index (Phi) is 3.06. The molecule has 96 valence electrons. The van der Waals surface area contributed by atoms with Crippen molar-refractivity contribution in [1.82, 2.24) is 9.78 Å². The Labute approximate surface area is 104 Å². The number of aromatic nitrogens is 2. The molecule has 0 bridgehead atoms. The van der Waals surface area contributed by atoms with Crippen LogP contribution in [0.1, 0.15) is 50.9 Å². The highest BCUT2D eigenvalue weighted by atomic mass is 15.3. The molecule has 0 aliphatic heterocycles. The lowest BCUT2D eigenvalue weighted by atomic mass is 9.67. The Hall–Kier alpha value is -0.830. The summed E-state index contributed by atoms with van der Waals surface area (Å²) in [4.78, 5) is 0. The molecule has 1 saturated carbocycles. The monoisotopic (exact) mass is 235 g/mol. The minimum absolute atomic E-state index is 0.0397. The van der Waals surface area contributed by atoms with Crippen LogP contribution in [0, 0.1) is 12.3 Å². The average molecular weight is 235 g/mol. The van der Waals surface area contributed by atoms with Crippen molar-refractivity contribution >= 4 is 0 Å². The van der Waals surface area contributed by atoms with Gasteiger partial charge in [-0.2, -0.15) is 5.10 Å². The van der Waals surface area contributed by atoms with Crippen molar-refractivity contribution in [2.24, 2.45) is 18.2 Å². The SMILES string of the molecule is Cc1cc(CC2(N)CCCC(C)(C)C2)n(C)n1. The summed E-state index contributed by atoms with van der Waals surface area (Å²) in [6.45, 7) is 6.71. The second-order valence-electron chi connectivity index (χ2n) is 6.63. The molecule has 17 heavy (non-hydrogen) atoms. The van der Waals surface area contributed by atoms with Crippen LogP contribution in [0.3, 0.4) is 0 Å². The summed E-state index contributed by atoms with van der Waals surface area (Å²) >= 11 is 0. The molecular formula is C14H25N3. The van der Waals surface area contributed by atoms with Crippen molar-refractivity contribution in [1.29, 1.82) is 0 Å². The summed E-state index contributed by atoms with van der Waals surface area (Å²) in [5, 5.41) is 4.41. The zero-order valence-electron chi connectivity index (χ0n) is 11.6. The van der Waals surface area contributed by atoms with Crippen LogP contribution in [0.5, 0.6) is 0 Å². The predicted molar refractivity (Wildman–Crippen MR) is 70.8 cm³/mol. The first-order chi connectivity index (χ1) is 7.80. The predicted octanol–water partition coefficient (Wildman–Crippen LogP) is 2.57. The van der Waals surface area contributed by atoms with E-state index < -0.39 is 0 Å². The van der Waals surface area contributed by atoms with Gasteiger partial charge in [0.2, 0.25) is 0 Å². The van der Waals surface area contributed by atoms with Gasteiger partial charge in [0, 0.05) is 24.7 Å². The van der Waals surface area contributed by atoms with E-state index in [4.69, 9.17) is 5.73 Å². The van der Waals surface area contributed by atoms with Gasteiger partial charge in [0.1, 0.15) is 0 Å². The maximum absolute atomic E-state index is 6.60. The highest BCUT2D eigenvalue weighted by molar-refractivity contribution is 5.13. The topological polar surface area (TPSA) is 43.8 Å². The molecule has 1 unspecified atom stereocenters. The molecule has 1 aromatic rings. The summed E-state index contributed by atoms with van der Waals surface area (Å²) in [7, 11) is 2.01. The zero-order chi connectivity index (χ0) is 12.7. The van der Waals surface area contributed by atoms with E-state index in [1.807, 2.05) is 18.7 Å². The van der Waals surface area contributed by atoms with Crippen molar-refractivity contribution in [2.45, 2.75) is 58.4 Å². The van der Waals surface area contributed by atoms with Crippen LogP contribution in [0.15, 0.2) is 6.07 Å². The highest BCUT2D eigenvalue weighted by Crippen LogP contribution is 2.41. The molecule has 1 heterocycles. The standard InChI is InChI=1S/C14H25N3/c1-11-8-12(17(4)16-11)9-14(15)7-5-6-13(2,3)10-14/h8H,5-7,9-10,15H2,1-4H3. The molecule has 0 spiro atoms. The van der Waals surface area contributed by atoms with Crippen LogP contribution in [-0.2, 0) is 13.5 Å². The third kappa shape index (κ3) is 2.89. The number of rotatable bonds is 2. The maximum Gasteiger partial charge on any atom is 0.0596 e. The summed E-state index contributed by atoms with van der Waals surface area (Å²) in [6, 6.07) is 2.16. The first-order valence-electron chi connectivity index (χ1n) is 6.58. The van der Waals surface area contributed by atoms with E-state index in [9.17, 15) is 0 Å². The number of nitrogens with zero attached hydrogens (tertiary/aromatic N) is 2. The largest absolute Gasteiger partial charge is 0.325 e. The second-order valence-corrected chi connectivity index (χ2v) is 6.63. The van der Waals surface area contributed by atoms with Gasteiger partial charge in [-0.05, 0) is 37.7 Å². The van der Waals surface area contributed by atoms with Crippen LogP contribution < -0.4 is 5.73 Å². The van der Waals surface area contributed by atoms with E-state index in [1.54, 1.807) is 0 Å². The molecule has 2 N–H and O–H groups in total. The first-order valence-corrected chi connectivity index (χ1v) is 6.58. The molecule has 1 aliphatic carbocycles. The summed E-state index contributed by atoms with van der Waals surface area (Å²) < 4.78 is 1.98. The number of nitrogens with two attached hydrogens (primary N) is 1. The normalized spacial score (nSPS) is 28.3. The van der Waals surface area contributed by atoms with Crippen LogP contribution in [0.2, 0.25) is 0 Å². The van der Waals surface area contributed by atoms with E-state index in [0.29, 0.717) is 5.41 Å². The molecule has 3 heteroatoms. The van der Waals surface area contributed by atoms with Crippen LogP contribution in [0.25, 0.3) is 0 Å². The fraction of sp³-hybridized carbons (Fsp3) is 0.786. The van der Waals surface area contributed by atoms with Gasteiger partial charge >= 0.3 is 0 Å². The highest BCUT2D eigenvalue weighted by Gasteiger charge is 2.37. The van der Waals surface area contributed by atoms with E-state index in [-0.39, 0.29) is 5.54 Å². The molecule has 1 aliphatic rings. The Morgan fingerprint density at radius 3 is 2.65 bits per heavy atom. The van der Waals surface area contributed by atoms with E-state index in [0.717, 1.165) is 25.0 Å². The molecule has 1 aromatic heterocycles. The molecule has 1 atom stereocenters.